The van der Waals surface area contributed by atoms with Crippen molar-refractivity contribution in [3.8, 4) is 0 Å². The molecule has 3 rings (SSSR count). The normalized spacial score (nSPS) is 33.2. The van der Waals surface area contributed by atoms with Crippen LogP contribution in [0, 0.1) is 11.3 Å². The van der Waals surface area contributed by atoms with Crippen molar-refractivity contribution in [1.82, 2.24) is 4.90 Å². The van der Waals surface area contributed by atoms with Gasteiger partial charge in [0, 0.05) is 30.3 Å². The lowest BCUT2D eigenvalue weighted by Gasteiger charge is -2.44. The summed E-state index contributed by atoms with van der Waals surface area (Å²) in [6, 6.07) is 0.205. The van der Waals surface area contributed by atoms with Crippen LogP contribution in [0.4, 0.5) is 0 Å². The number of carbonyl (C=O) groups is 2. The summed E-state index contributed by atoms with van der Waals surface area (Å²) in [7, 11) is 0. The number of amides is 1. The molecule has 3 heteroatoms. The number of Topliss-reactive ketones (excluding diaryl/α,β-unsaturated/α-hetero) is 1. The molecule has 0 aromatic carbocycles. The molecule has 3 fully saturated rings. The van der Waals surface area contributed by atoms with E-state index >= 15 is 0 Å². The quantitative estimate of drug-likeness (QED) is 0.778. The maximum absolute atomic E-state index is 13.1. The fraction of sp³-hybridized carbons (Fsp3) is 0.889. The maximum atomic E-state index is 13.1. The van der Waals surface area contributed by atoms with E-state index in [2.05, 4.69) is 11.8 Å². The SMILES string of the molecule is CC1(C(=O)N2CCCCC2C2CCCCC2=O)CCCC1. The Hall–Kier alpha value is -0.860. The summed E-state index contributed by atoms with van der Waals surface area (Å²) < 4.78 is 0. The number of nitrogens with zero attached hydrogens (tertiary/aromatic N) is 1. The first-order valence-corrected chi connectivity index (χ1v) is 8.96. The van der Waals surface area contributed by atoms with Gasteiger partial charge in [-0.1, -0.05) is 26.2 Å². The zero-order valence-electron chi connectivity index (χ0n) is 13.4. The van der Waals surface area contributed by atoms with Crippen molar-refractivity contribution in [1.29, 1.82) is 0 Å². The molecule has 2 atom stereocenters. The van der Waals surface area contributed by atoms with E-state index in [1.165, 1.54) is 19.3 Å². The van der Waals surface area contributed by atoms with Crippen LogP contribution in [-0.2, 0) is 9.59 Å². The molecule has 21 heavy (non-hydrogen) atoms. The zero-order valence-corrected chi connectivity index (χ0v) is 13.4. The van der Waals surface area contributed by atoms with Crippen LogP contribution in [0.1, 0.15) is 77.6 Å². The summed E-state index contributed by atoms with van der Waals surface area (Å²) in [6.07, 6.45) is 11.7. The molecule has 2 aliphatic carbocycles. The van der Waals surface area contributed by atoms with Gasteiger partial charge in [-0.25, -0.2) is 0 Å². The lowest BCUT2D eigenvalue weighted by atomic mass is 9.77. The lowest BCUT2D eigenvalue weighted by molar-refractivity contribution is -0.148. The van der Waals surface area contributed by atoms with Crippen LogP contribution in [0.5, 0.6) is 0 Å². The molecule has 0 N–H and O–H groups in total. The van der Waals surface area contributed by atoms with Crippen molar-refractivity contribution >= 4 is 11.7 Å². The van der Waals surface area contributed by atoms with E-state index in [0.29, 0.717) is 11.7 Å². The molecule has 2 saturated carbocycles. The summed E-state index contributed by atoms with van der Waals surface area (Å²) in [5.74, 6) is 0.901. The van der Waals surface area contributed by atoms with Crippen LogP contribution in [0.15, 0.2) is 0 Å². The van der Waals surface area contributed by atoms with Gasteiger partial charge in [0.1, 0.15) is 5.78 Å². The van der Waals surface area contributed by atoms with E-state index in [1.807, 2.05) is 0 Å². The van der Waals surface area contributed by atoms with Gasteiger partial charge >= 0.3 is 0 Å². The number of hydrogen-bond acceptors (Lipinski definition) is 2. The Morgan fingerprint density at radius 2 is 1.76 bits per heavy atom. The monoisotopic (exact) mass is 291 g/mol. The molecule has 0 aromatic rings. The van der Waals surface area contributed by atoms with E-state index < -0.39 is 0 Å². The molecule has 0 radical (unpaired) electrons. The molecule has 0 bridgehead atoms. The molecular formula is C18H29NO2. The molecule has 0 aromatic heterocycles. The summed E-state index contributed by atoms with van der Waals surface area (Å²) in [4.78, 5) is 27.5. The Morgan fingerprint density at radius 1 is 1.05 bits per heavy atom. The molecule has 118 valence electrons. The minimum atomic E-state index is -0.146. The van der Waals surface area contributed by atoms with Crippen molar-refractivity contribution < 1.29 is 9.59 Å². The summed E-state index contributed by atoms with van der Waals surface area (Å²) in [6.45, 7) is 3.03. The first kappa shape index (κ1) is 15.1. The van der Waals surface area contributed by atoms with Gasteiger partial charge in [-0.2, -0.15) is 0 Å². The number of piperidine rings is 1. The molecule has 1 saturated heterocycles. The van der Waals surface area contributed by atoms with Gasteiger partial charge in [-0.3, -0.25) is 9.59 Å². The molecular weight excluding hydrogens is 262 g/mol. The highest BCUT2D eigenvalue weighted by molar-refractivity contribution is 5.86. The number of likely N-dealkylation sites (tertiary alicyclic amines) is 1. The van der Waals surface area contributed by atoms with Gasteiger partial charge in [0.15, 0.2) is 0 Å². The van der Waals surface area contributed by atoms with Crippen LogP contribution in [-0.4, -0.2) is 29.2 Å². The molecule has 1 aliphatic heterocycles. The zero-order chi connectivity index (χ0) is 14.9. The van der Waals surface area contributed by atoms with Gasteiger partial charge in [0.2, 0.25) is 5.91 Å². The third-order valence-electron chi connectivity index (χ3n) is 6.10. The number of carbonyl (C=O) groups excluding carboxylic acids is 2. The third kappa shape index (κ3) is 2.89. The second-order valence-electron chi connectivity index (χ2n) is 7.65. The van der Waals surface area contributed by atoms with E-state index in [-0.39, 0.29) is 17.4 Å². The molecule has 0 spiro atoms. The van der Waals surface area contributed by atoms with Gasteiger partial charge in [0.25, 0.3) is 0 Å². The van der Waals surface area contributed by atoms with E-state index in [4.69, 9.17) is 0 Å². The smallest absolute Gasteiger partial charge is 0.228 e. The predicted octanol–water partition coefficient (Wildman–Crippen LogP) is 3.71. The summed E-state index contributed by atoms with van der Waals surface area (Å²) in [5, 5.41) is 0. The first-order chi connectivity index (χ1) is 10.1. The third-order valence-corrected chi connectivity index (χ3v) is 6.10. The van der Waals surface area contributed by atoms with E-state index in [9.17, 15) is 9.59 Å². The van der Waals surface area contributed by atoms with Gasteiger partial charge in [-0.05, 0) is 44.9 Å². The number of rotatable bonds is 2. The Balaban J connectivity index is 1.77. The van der Waals surface area contributed by atoms with Crippen molar-refractivity contribution in [2.45, 2.75) is 83.6 Å². The maximum Gasteiger partial charge on any atom is 0.228 e. The van der Waals surface area contributed by atoms with Crippen LogP contribution in [0.2, 0.25) is 0 Å². The van der Waals surface area contributed by atoms with Crippen LogP contribution < -0.4 is 0 Å². The Labute approximate surface area is 128 Å². The van der Waals surface area contributed by atoms with Crippen molar-refractivity contribution in [3.05, 3.63) is 0 Å². The standard InChI is InChI=1S/C18H29NO2/c1-18(11-5-6-12-18)17(21)19-13-7-4-9-15(19)14-8-2-3-10-16(14)20/h14-15H,2-13H2,1H3. The minimum absolute atomic E-state index is 0.132. The van der Waals surface area contributed by atoms with E-state index in [1.54, 1.807) is 0 Å². The molecule has 1 amide bonds. The van der Waals surface area contributed by atoms with Gasteiger partial charge in [0.05, 0.1) is 0 Å². The Bertz CT molecular complexity index is 411. The number of ketones is 1. The summed E-state index contributed by atoms with van der Waals surface area (Å²) >= 11 is 0. The highest BCUT2D eigenvalue weighted by Gasteiger charge is 2.44. The highest BCUT2D eigenvalue weighted by Crippen LogP contribution is 2.42. The average Bonchev–Trinajstić information content (AvgIpc) is 2.95. The van der Waals surface area contributed by atoms with Crippen LogP contribution >= 0.6 is 0 Å². The minimum Gasteiger partial charge on any atom is -0.339 e. The molecule has 3 nitrogen and oxygen atoms in total. The number of hydrogen-bond donors (Lipinski definition) is 0. The average molecular weight is 291 g/mol. The molecule has 3 aliphatic rings. The Morgan fingerprint density at radius 3 is 2.48 bits per heavy atom. The van der Waals surface area contributed by atoms with Crippen molar-refractivity contribution in [3.63, 3.8) is 0 Å². The summed E-state index contributed by atoms with van der Waals surface area (Å²) in [5.41, 5.74) is -0.146. The molecule has 1 heterocycles. The fourth-order valence-electron chi connectivity index (χ4n) is 4.76. The second kappa shape index (κ2) is 6.10. The second-order valence-corrected chi connectivity index (χ2v) is 7.65. The topological polar surface area (TPSA) is 37.4 Å². The van der Waals surface area contributed by atoms with Gasteiger partial charge in [-0.15, -0.1) is 0 Å². The van der Waals surface area contributed by atoms with Crippen molar-refractivity contribution in [2.24, 2.45) is 11.3 Å². The van der Waals surface area contributed by atoms with E-state index in [0.717, 1.165) is 57.9 Å². The van der Waals surface area contributed by atoms with Gasteiger partial charge < -0.3 is 4.90 Å². The van der Waals surface area contributed by atoms with Crippen LogP contribution in [0.3, 0.4) is 0 Å². The first-order valence-electron chi connectivity index (χ1n) is 8.96. The highest BCUT2D eigenvalue weighted by atomic mass is 16.2. The largest absolute Gasteiger partial charge is 0.339 e. The Kier molecular flexibility index (Phi) is 4.37. The predicted molar refractivity (Wildman–Crippen MR) is 82.9 cm³/mol. The molecule has 2 unspecified atom stereocenters. The van der Waals surface area contributed by atoms with Crippen molar-refractivity contribution in [2.75, 3.05) is 6.54 Å². The lowest BCUT2D eigenvalue weighted by Crippen LogP contribution is -2.53. The van der Waals surface area contributed by atoms with Crippen LogP contribution in [0.25, 0.3) is 0 Å². The fourth-order valence-corrected chi connectivity index (χ4v) is 4.76.